The van der Waals surface area contributed by atoms with Crippen LogP contribution in [0, 0.1) is 0 Å². The van der Waals surface area contributed by atoms with Crippen LogP contribution in [0.4, 0.5) is 5.82 Å². The Morgan fingerprint density at radius 2 is 2.19 bits per heavy atom. The van der Waals surface area contributed by atoms with Crippen LogP contribution >= 0.6 is 27.5 Å². The number of nitrogen functional groups attached to an aromatic ring is 1. The van der Waals surface area contributed by atoms with Gasteiger partial charge in [-0.3, -0.25) is 5.10 Å². The fourth-order valence-corrected chi connectivity index (χ4v) is 2.53. The average Bonchev–Trinajstić information content (AvgIpc) is 2.58. The van der Waals surface area contributed by atoms with Crippen molar-refractivity contribution in [3.63, 3.8) is 0 Å². The molecule has 0 unspecified atom stereocenters. The average molecular weight is 301 g/mol. The highest BCUT2D eigenvalue weighted by Crippen LogP contribution is 2.30. The number of halogens is 2. The van der Waals surface area contributed by atoms with Gasteiger partial charge in [0.25, 0.3) is 0 Å². The molecule has 5 heteroatoms. The Labute approximate surface area is 107 Å². The molecule has 0 saturated carbocycles. The van der Waals surface area contributed by atoms with E-state index in [1.165, 1.54) is 0 Å². The molecule has 0 saturated heterocycles. The zero-order valence-corrected chi connectivity index (χ0v) is 11.1. The summed E-state index contributed by atoms with van der Waals surface area (Å²) in [6.45, 7) is 2.05. The lowest BCUT2D eigenvalue weighted by Gasteiger charge is -2.03. The van der Waals surface area contributed by atoms with Gasteiger partial charge < -0.3 is 5.73 Å². The van der Waals surface area contributed by atoms with E-state index in [1.807, 2.05) is 25.1 Å². The summed E-state index contributed by atoms with van der Waals surface area (Å²) in [5, 5.41) is 7.64. The highest BCUT2D eigenvalue weighted by molar-refractivity contribution is 9.10. The molecular formula is C11H11BrClN3. The number of rotatable bonds is 2. The molecule has 1 heterocycles. The maximum Gasteiger partial charge on any atom is 0.149 e. The SMILES string of the molecule is CCc1c(N)n[nH]c1-c1cc(Cl)cc(Br)c1. The Hall–Kier alpha value is -1.000. The van der Waals surface area contributed by atoms with Crippen LogP contribution in [0.5, 0.6) is 0 Å². The minimum Gasteiger partial charge on any atom is -0.382 e. The Kier molecular flexibility index (Phi) is 3.21. The number of nitrogens with two attached hydrogens (primary N) is 1. The first-order valence-corrected chi connectivity index (χ1v) is 6.08. The molecule has 0 radical (unpaired) electrons. The quantitative estimate of drug-likeness (QED) is 0.889. The number of aromatic amines is 1. The van der Waals surface area contributed by atoms with Crippen LogP contribution in [0.3, 0.4) is 0 Å². The molecule has 1 aromatic heterocycles. The van der Waals surface area contributed by atoms with E-state index < -0.39 is 0 Å². The van der Waals surface area contributed by atoms with Crippen molar-refractivity contribution in [3.05, 3.63) is 33.3 Å². The van der Waals surface area contributed by atoms with Gasteiger partial charge in [-0.25, -0.2) is 0 Å². The lowest BCUT2D eigenvalue weighted by atomic mass is 10.1. The number of anilines is 1. The predicted octanol–water partition coefficient (Wildman–Crippen LogP) is 3.64. The molecule has 0 aliphatic rings. The van der Waals surface area contributed by atoms with E-state index in [1.54, 1.807) is 0 Å². The van der Waals surface area contributed by atoms with Crippen molar-refractivity contribution in [2.75, 3.05) is 5.73 Å². The van der Waals surface area contributed by atoms with Crippen LogP contribution in [0.25, 0.3) is 11.3 Å². The van der Waals surface area contributed by atoms with Gasteiger partial charge in [-0.05, 0) is 24.6 Å². The molecule has 2 rings (SSSR count). The fraction of sp³-hybridized carbons (Fsp3) is 0.182. The molecule has 3 N–H and O–H groups in total. The molecule has 0 aliphatic carbocycles. The van der Waals surface area contributed by atoms with Gasteiger partial charge in [-0.15, -0.1) is 0 Å². The highest BCUT2D eigenvalue weighted by Gasteiger charge is 2.11. The van der Waals surface area contributed by atoms with Gasteiger partial charge in [0.15, 0.2) is 0 Å². The normalized spacial score (nSPS) is 10.7. The van der Waals surface area contributed by atoms with Crippen LogP contribution in [0.1, 0.15) is 12.5 Å². The van der Waals surface area contributed by atoms with Crippen molar-refractivity contribution in [2.24, 2.45) is 0 Å². The summed E-state index contributed by atoms with van der Waals surface area (Å²) in [7, 11) is 0. The first kappa shape index (κ1) is 11.5. The van der Waals surface area contributed by atoms with E-state index in [4.69, 9.17) is 17.3 Å². The van der Waals surface area contributed by atoms with Gasteiger partial charge >= 0.3 is 0 Å². The minimum atomic E-state index is 0.550. The molecule has 84 valence electrons. The summed E-state index contributed by atoms with van der Waals surface area (Å²) in [5.41, 5.74) is 8.72. The van der Waals surface area contributed by atoms with Gasteiger partial charge in [0.1, 0.15) is 5.82 Å². The summed E-state index contributed by atoms with van der Waals surface area (Å²) >= 11 is 9.42. The molecule has 0 fully saturated rings. The predicted molar refractivity (Wildman–Crippen MR) is 70.5 cm³/mol. The van der Waals surface area contributed by atoms with Crippen molar-refractivity contribution >= 4 is 33.3 Å². The van der Waals surface area contributed by atoms with Crippen molar-refractivity contribution in [3.8, 4) is 11.3 Å². The Morgan fingerprint density at radius 3 is 2.81 bits per heavy atom. The number of aromatic nitrogens is 2. The van der Waals surface area contributed by atoms with E-state index in [9.17, 15) is 0 Å². The van der Waals surface area contributed by atoms with Crippen LogP contribution in [0.2, 0.25) is 5.02 Å². The van der Waals surface area contributed by atoms with Crippen LogP contribution in [-0.4, -0.2) is 10.2 Å². The van der Waals surface area contributed by atoms with Crippen molar-refractivity contribution in [2.45, 2.75) is 13.3 Å². The van der Waals surface area contributed by atoms with Gasteiger partial charge in [-0.1, -0.05) is 34.5 Å². The summed E-state index contributed by atoms with van der Waals surface area (Å²) < 4.78 is 0.935. The summed E-state index contributed by atoms with van der Waals surface area (Å²) in [5.74, 6) is 0.550. The second-order valence-electron chi connectivity index (χ2n) is 3.47. The molecule has 0 spiro atoms. The zero-order chi connectivity index (χ0) is 11.7. The first-order valence-electron chi connectivity index (χ1n) is 4.91. The third-order valence-electron chi connectivity index (χ3n) is 2.40. The fourth-order valence-electron chi connectivity index (χ4n) is 1.67. The first-order chi connectivity index (χ1) is 7.61. The van der Waals surface area contributed by atoms with E-state index in [0.717, 1.165) is 27.7 Å². The lowest BCUT2D eigenvalue weighted by molar-refractivity contribution is 1.10. The van der Waals surface area contributed by atoms with Gasteiger partial charge in [0, 0.05) is 20.6 Å². The van der Waals surface area contributed by atoms with Gasteiger partial charge in [0.05, 0.1) is 5.69 Å². The van der Waals surface area contributed by atoms with Crippen LogP contribution in [0.15, 0.2) is 22.7 Å². The molecule has 2 aromatic rings. The standard InChI is InChI=1S/C11H11BrClN3/c1-2-9-10(15-16-11(9)14)6-3-7(12)5-8(13)4-6/h3-5H,2H2,1H3,(H3,14,15,16). The van der Waals surface area contributed by atoms with Gasteiger partial charge in [0.2, 0.25) is 0 Å². The maximum atomic E-state index is 6.01. The van der Waals surface area contributed by atoms with E-state index >= 15 is 0 Å². The smallest absolute Gasteiger partial charge is 0.149 e. The third-order valence-corrected chi connectivity index (χ3v) is 3.08. The second kappa shape index (κ2) is 4.47. The Balaban J connectivity index is 2.58. The highest BCUT2D eigenvalue weighted by atomic mass is 79.9. The number of hydrogen-bond acceptors (Lipinski definition) is 2. The molecule has 0 aliphatic heterocycles. The van der Waals surface area contributed by atoms with Crippen molar-refractivity contribution in [1.29, 1.82) is 0 Å². The number of nitrogens with one attached hydrogen (secondary N) is 1. The monoisotopic (exact) mass is 299 g/mol. The van der Waals surface area contributed by atoms with E-state index in [2.05, 4.69) is 26.1 Å². The van der Waals surface area contributed by atoms with Gasteiger partial charge in [-0.2, -0.15) is 5.10 Å². The van der Waals surface area contributed by atoms with E-state index in [0.29, 0.717) is 10.8 Å². The molecule has 16 heavy (non-hydrogen) atoms. The topological polar surface area (TPSA) is 54.7 Å². The number of hydrogen-bond donors (Lipinski definition) is 2. The summed E-state index contributed by atoms with van der Waals surface area (Å²) in [4.78, 5) is 0. The Bertz CT molecular complexity index is 502. The van der Waals surface area contributed by atoms with E-state index in [-0.39, 0.29) is 0 Å². The number of H-pyrrole nitrogens is 1. The number of benzene rings is 1. The maximum absolute atomic E-state index is 6.01. The largest absolute Gasteiger partial charge is 0.382 e. The molecule has 1 aromatic carbocycles. The van der Waals surface area contributed by atoms with Crippen molar-refractivity contribution < 1.29 is 0 Å². The molecular weight excluding hydrogens is 289 g/mol. The molecule has 0 amide bonds. The van der Waals surface area contributed by atoms with Crippen LogP contribution in [-0.2, 0) is 6.42 Å². The third kappa shape index (κ3) is 2.08. The second-order valence-corrected chi connectivity index (χ2v) is 4.83. The zero-order valence-electron chi connectivity index (χ0n) is 8.72. The number of nitrogens with zero attached hydrogens (tertiary/aromatic N) is 1. The molecule has 3 nitrogen and oxygen atoms in total. The minimum absolute atomic E-state index is 0.550. The summed E-state index contributed by atoms with van der Waals surface area (Å²) in [6.07, 6.45) is 0.835. The Morgan fingerprint density at radius 1 is 1.44 bits per heavy atom. The summed E-state index contributed by atoms with van der Waals surface area (Å²) in [6, 6.07) is 5.72. The van der Waals surface area contributed by atoms with Crippen molar-refractivity contribution in [1.82, 2.24) is 10.2 Å². The molecule has 0 atom stereocenters. The molecule has 0 bridgehead atoms. The van der Waals surface area contributed by atoms with Crippen LogP contribution < -0.4 is 5.73 Å². The lowest BCUT2D eigenvalue weighted by Crippen LogP contribution is -1.91.